The molecule has 0 saturated carbocycles. The molecule has 1 saturated heterocycles. The number of carbonyl (C=O) groups is 2. The molecule has 0 amide bonds. The minimum absolute atomic E-state index is 0.00967. The molecular weight excluding hydrogens is 616 g/mol. The second kappa shape index (κ2) is 18.8. The number of aldehydes is 1. The van der Waals surface area contributed by atoms with E-state index >= 15 is 0 Å². The molecule has 1 aliphatic rings. The number of rotatable bonds is 23. The molecule has 0 N–H and O–H groups in total. The van der Waals surface area contributed by atoms with Crippen molar-refractivity contribution in [3.63, 3.8) is 0 Å². The average Bonchev–Trinajstić information content (AvgIpc) is 3.79. The summed E-state index contributed by atoms with van der Waals surface area (Å²) in [5.74, 6) is -0.528. The Bertz CT molecular complexity index is 1200. The van der Waals surface area contributed by atoms with Crippen LogP contribution in [-0.2, 0) is 50.9 Å². The van der Waals surface area contributed by atoms with Crippen LogP contribution in [0.2, 0.25) is 18.1 Å². The first kappa shape index (κ1) is 38.8. The van der Waals surface area contributed by atoms with Gasteiger partial charge < -0.3 is 37.6 Å². The zero-order chi connectivity index (χ0) is 34.5. The van der Waals surface area contributed by atoms with Crippen molar-refractivity contribution in [2.24, 2.45) is 17.8 Å². The van der Waals surface area contributed by atoms with Crippen molar-refractivity contribution in [2.75, 3.05) is 27.1 Å². The topological polar surface area (TPSA) is 102 Å². The van der Waals surface area contributed by atoms with Gasteiger partial charge in [0, 0.05) is 24.7 Å². The maximum atomic E-state index is 12.4. The normalized spacial score (nSPS) is 20.9. The third-order valence-electron chi connectivity index (χ3n) is 9.56. The van der Waals surface area contributed by atoms with Gasteiger partial charge in [0.15, 0.2) is 8.32 Å². The number of ether oxygens (including phenoxy) is 6. The van der Waals surface area contributed by atoms with Gasteiger partial charge >= 0.3 is 5.97 Å². The fourth-order valence-electron chi connectivity index (χ4n) is 6.41. The highest BCUT2D eigenvalue weighted by atomic mass is 28.4. The van der Waals surface area contributed by atoms with Crippen LogP contribution in [0.3, 0.4) is 0 Å². The van der Waals surface area contributed by atoms with E-state index in [1.54, 1.807) is 7.11 Å². The molecule has 47 heavy (non-hydrogen) atoms. The number of hydrogen-bond donors (Lipinski definition) is 0. The van der Waals surface area contributed by atoms with E-state index in [1.807, 2.05) is 68.4 Å². The van der Waals surface area contributed by atoms with Gasteiger partial charge in [0.1, 0.15) is 30.5 Å². The van der Waals surface area contributed by atoms with E-state index in [1.165, 1.54) is 6.92 Å². The van der Waals surface area contributed by atoms with E-state index < -0.39 is 43.9 Å². The lowest BCUT2D eigenvalue weighted by atomic mass is 9.80. The Morgan fingerprint density at radius 3 is 2.13 bits per heavy atom. The summed E-state index contributed by atoms with van der Waals surface area (Å²) in [7, 11) is -0.549. The first-order valence-electron chi connectivity index (χ1n) is 16.9. The summed E-state index contributed by atoms with van der Waals surface area (Å²) >= 11 is 0. The van der Waals surface area contributed by atoms with E-state index in [4.69, 9.17) is 32.8 Å². The predicted molar refractivity (Wildman–Crippen MR) is 183 cm³/mol. The van der Waals surface area contributed by atoms with Gasteiger partial charge in [-0.2, -0.15) is 0 Å². The molecule has 0 spiro atoms. The lowest BCUT2D eigenvalue weighted by Gasteiger charge is -2.42. The van der Waals surface area contributed by atoms with Crippen LogP contribution in [0, 0.1) is 17.8 Å². The fraction of sp³-hybridized carbons (Fsp3) is 0.622. The van der Waals surface area contributed by atoms with Gasteiger partial charge in [-0.05, 0) is 48.3 Å². The van der Waals surface area contributed by atoms with E-state index in [0.717, 1.165) is 41.3 Å². The summed E-state index contributed by atoms with van der Waals surface area (Å²) in [6.45, 7) is 15.2. The second-order valence-corrected chi connectivity index (χ2v) is 17.6. The van der Waals surface area contributed by atoms with Gasteiger partial charge in [-0.25, -0.2) is 0 Å². The highest BCUT2D eigenvalue weighted by molar-refractivity contribution is 6.73. The number of benzene rings is 2. The Balaban J connectivity index is 1.86. The van der Waals surface area contributed by atoms with Gasteiger partial charge in [-0.1, -0.05) is 77.1 Å². The molecule has 1 aliphatic heterocycles. The Morgan fingerprint density at radius 2 is 1.55 bits per heavy atom. The van der Waals surface area contributed by atoms with Gasteiger partial charge in [0.2, 0.25) is 0 Å². The van der Waals surface area contributed by atoms with Crippen molar-refractivity contribution in [2.45, 2.75) is 104 Å². The highest BCUT2D eigenvalue weighted by Crippen LogP contribution is 2.49. The molecule has 0 aliphatic carbocycles. The maximum absolute atomic E-state index is 12.4. The molecule has 2 aromatic carbocycles. The van der Waals surface area contributed by atoms with Crippen LogP contribution in [0.4, 0.5) is 0 Å². The number of esters is 1. The van der Waals surface area contributed by atoms with Crippen molar-refractivity contribution in [1.29, 1.82) is 0 Å². The van der Waals surface area contributed by atoms with Gasteiger partial charge in [0.25, 0.3) is 0 Å². The lowest BCUT2D eigenvalue weighted by Crippen LogP contribution is -2.53. The maximum Gasteiger partial charge on any atom is 0.302 e. The molecular formula is C37H56O9Si. The van der Waals surface area contributed by atoms with Gasteiger partial charge in [0.05, 0.1) is 45.7 Å². The molecule has 10 heteroatoms. The molecule has 0 radical (unpaired) electrons. The SMILES string of the molecule is CC[Si](CC)(CC)O[C@@H]([C@H](COC(C)=O)[C@H](OCOCc1ccccc1)[C@@]1(C)O[C@@H]1[C@@H](C)COCc1ccc(OC)cc1)[C@H](C)C=O. The second-order valence-electron chi connectivity index (χ2n) is 12.9. The van der Waals surface area contributed by atoms with Crippen LogP contribution in [0.5, 0.6) is 5.75 Å². The number of hydrogen-bond acceptors (Lipinski definition) is 9. The number of methoxy groups -OCH3 is 1. The number of epoxide rings is 1. The summed E-state index contributed by atoms with van der Waals surface area (Å²) in [6, 6.07) is 20.4. The summed E-state index contributed by atoms with van der Waals surface area (Å²) in [4.78, 5) is 24.6. The molecule has 9 nitrogen and oxygen atoms in total. The summed E-state index contributed by atoms with van der Waals surface area (Å²) in [6.07, 6.45) is -0.412. The van der Waals surface area contributed by atoms with Crippen LogP contribution >= 0.6 is 0 Å². The molecule has 0 bridgehead atoms. The average molecular weight is 673 g/mol. The Morgan fingerprint density at radius 1 is 0.936 bits per heavy atom. The van der Waals surface area contributed by atoms with Crippen LogP contribution in [-0.4, -0.2) is 71.6 Å². The first-order chi connectivity index (χ1) is 22.6. The Labute approximate surface area is 282 Å². The largest absolute Gasteiger partial charge is 0.497 e. The monoisotopic (exact) mass is 672 g/mol. The summed E-state index contributed by atoms with van der Waals surface area (Å²) < 4.78 is 43.1. The minimum Gasteiger partial charge on any atom is -0.497 e. The van der Waals surface area contributed by atoms with Crippen LogP contribution < -0.4 is 4.74 Å². The molecule has 7 atom stereocenters. The van der Waals surface area contributed by atoms with Gasteiger partial charge in [-0.15, -0.1) is 0 Å². The molecule has 262 valence electrons. The Kier molecular flexibility index (Phi) is 15.5. The molecule has 3 rings (SSSR count). The van der Waals surface area contributed by atoms with Crippen LogP contribution in [0.1, 0.15) is 59.6 Å². The Hall–Kier alpha value is -2.60. The van der Waals surface area contributed by atoms with Crippen LogP contribution in [0.15, 0.2) is 54.6 Å². The van der Waals surface area contributed by atoms with Crippen LogP contribution in [0.25, 0.3) is 0 Å². The zero-order valence-corrected chi connectivity index (χ0v) is 30.6. The summed E-state index contributed by atoms with van der Waals surface area (Å²) in [5.41, 5.74) is 1.32. The third kappa shape index (κ3) is 11.0. The van der Waals surface area contributed by atoms with Crippen molar-refractivity contribution in [3.05, 3.63) is 65.7 Å². The summed E-state index contributed by atoms with van der Waals surface area (Å²) in [5, 5.41) is 0. The third-order valence-corrected chi connectivity index (χ3v) is 14.2. The van der Waals surface area contributed by atoms with Crippen molar-refractivity contribution < 1.29 is 42.4 Å². The highest BCUT2D eigenvalue weighted by Gasteiger charge is 2.63. The quantitative estimate of drug-likeness (QED) is 0.0309. The number of carbonyl (C=O) groups excluding carboxylic acids is 2. The zero-order valence-electron chi connectivity index (χ0n) is 29.6. The molecule has 0 unspecified atom stereocenters. The van der Waals surface area contributed by atoms with E-state index in [-0.39, 0.29) is 25.4 Å². The van der Waals surface area contributed by atoms with Gasteiger partial charge in [-0.3, -0.25) is 4.79 Å². The minimum atomic E-state index is -2.19. The molecule has 1 fully saturated rings. The van der Waals surface area contributed by atoms with Crippen molar-refractivity contribution in [3.8, 4) is 5.75 Å². The standard InChI is InChI=1S/C37H56O9Si/c1-9-47(10-2,11-3)46-34(27(4)21-38)33(25-43-29(6)39)36(44-26-42-24-30-15-13-12-14-16-30)37(7)35(45-37)28(5)22-41-23-31-17-19-32(40-8)20-18-31/h12-21,27-28,33-36H,9-11,22-26H2,1-8H3/t27-,28+,33+,34-,35-,36+,37+/m1/s1. The van der Waals surface area contributed by atoms with E-state index in [9.17, 15) is 9.59 Å². The molecule has 1 heterocycles. The first-order valence-corrected chi connectivity index (χ1v) is 19.5. The lowest BCUT2D eigenvalue weighted by molar-refractivity contribution is -0.168. The van der Waals surface area contributed by atoms with Crippen molar-refractivity contribution in [1.82, 2.24) is 0 Å². The smallest absolute Gasteiger partial charge is 0.302 e. The predicted octanol–water partition coefficient (Wildman–Crippen LogP) is 6.97. The fourth-order valence-corrected chi connectivity index (χ4v) is 9.38. The molecule has 2 aromatic rings. The van der Waals surface area contributed by atoms with Crippen molar-refractivity contribution >= 4 is 20.6 Å². The molecule has 0 aromatic heterocycles. The van der Waals surface area contributed by atoms with E-state index in [0.29, 0.717) is 19.8 Å². The van der Waals surface area contributed by atoms with E-state index in [2.05, 4.69) is 27.7 Å².